The zero-order valence-electron chi connectivity index (χ0n) is 13.7. The van der Waals surface area contributed by atoms with E-state index in [0.717, 1.165) is 22.9 Å². The number of fused-ring (bicyclic) bond motifs is 1. The summed E-state index contributed by atoms with van der Waals surface area (Å²) in [7, 11) is 0. The van der Waals surface area contributed by atoms with Crippen LogP contribution in [0.4, 0.5) is 0 Å². The molecule has 0 bridgehead atoms. The molecule has 3 rings (SSSR count). The van der Waals surface area contributed by atoms with Crippen LogP contribution in [0, 0.1) is 0 Å². The highest BCUT2D eigenvalue weighted by Gasteiger charge is 2.11. The number of rotatable bonds is 6. The van der Waals surface area contributed by atoms with Crippen molar-refractivity contribution in [2.75, 3.05) is 13.2 Å². The van der Waals surface area contributed by atoms with Crippen molar-refractivity contribution in [1.29, 1.82) is 0 Å². The van der Waals surface area contributed by atoms with Crippen LogP contribution in [0.15, 0.2) is 60.8 Å². The Bertz CT molecular complexity index is 840. The summed E-state index contributed by atoms with van der Waals surface area (Å²) < 4.78 is 5.51. The van der Waals surface area contributed by atoms with Crippen LogP contribution in [-0.2, 0) is 6.42 Å². The fraction of sp³-hybridized carbons (Fsp3) is 0.200. The Kier molecular flexibility index (Phi) is 5.06. The molecule has 0 radical (unpaired) electrons. The molecule has 3 aromatic rings. The lowest BCUT2D eigenvalue weighted by atomic mass is 10.1. The molecule has 1 heterocycles. The van der Waals surface area contributed by atoms with Gasteiger partial charge in [0.2, 0.25) is 0 Å². The molecule has 122 valence electrons. The second-order valence-corrected chi connectivity index (χ2v) is 5.43. The summed E-state index contributed by atoms with van der Waals surface area (Å²) in [5.74, 6) is 0.497. The van der Waals surface area contributed by atoms with Crippen molar-refractivity contribution >= 4 is 16.8 Å². The van der Waals surface area contributed by atoms with Crippen molar-refractivity contribution in [1.82, 2.24) is 10.3 Å². The number of para-hydroxylation sites is 2. The lowest BCUT2D eigenvalue weighted by Gasteiger charge is -2.11. The predicted octanol–water partition coefficient (Wildman–Crippen LogP) is 3.61. The molecule has 0 saturated carbocycles. The molecule has 0 unspecified atom stereocenters. The summed E-state index contributed by atoms with van der Waals surface area (Å²) in [5.41, 5.74) is 2.69. The smallest absolute Gasteiger partial charge is 0.255 e. The third kappa shape index (κ3) is 3.54. The van der Waals surface area contributed by atoms with Crippen LogP contribution in [0.25, 0.3) is 10.9 Å². The maximum atomic E-state index is 12.4. The number of nitrogens with zero attached hydrogens (tertiary/aromatic N) is 1. The number of hydrogen-bond acceptors (Lipinski definition) is 3. The van der Waals surface area contributed by atoms with E-state index in [0.29, 0.717) is 24.5 Å². The highest BCUT2D eigenvalue weighted by atomic mass is 16.5. The second kappa shape index (κ2) is 7.59. The summed E-state index contributed by atoms with van der Waals surface area (Å²) in [4.78, 5) is 16.8. The zero-order chi connectivity index (χ0) is 16.8. The van der Waals surface area contributed by atoms with Gasteiger partial charge in [0, 0.05) is 18.1 Å². The fourth-order valence-electron chi connectivity index (χ4n) is 2.71. The van der Waals surface area contributed by atoms with Gasteiger partial charge in [-0.25, -0.2) is 0 Å². The molecular formula is C20H20N2O2. The van der Waals surface area contributed by atoms with E-state index in [-0.39, 0.29) is 5.91 Å². The highest BCUT2D eigenvalue weighted by Crippen LogP contribution is 2.18. The van der Waals surface area contributed by atoms with E-state index in [1.807, 2.05) is 49.4 Å². The van der Waals surface area contributed by atoms with E-state index in [1.54, 1.807) is 12.3 Å². The van der Waals surface area contributed by atoms with Crippen molar-refractivity contribution in [3.8, 4) is 5.75 Å². The molecule has 0 saturated heterocycles. The largest absolute Gasteiger partial charge is 0.493 e. The number of benzene rings is 2. The number of nitrogens with one attached hydrogen (secondary N) is 1. The standard InChI is InChI=1S/C20H20N2O2/c1-2-24-18-11-4-3-10-17(18)20(23)22-14-12-16-8-5-7-15-9-6-13-21-19(15)16/h3-11,13H,2,12,14H2,1H3,(H,22,23). The summed E-state index contributed by atoms with van der Waals surface area (Å²) in [6.45, 7) is 2.99. The Hall–Kier alpha value is -2.88. The normalized spacial score (nSPS) is 10.5. The van der Waals surface area contributed by atoms with E-state index >= 15 is 0 Å². The first-order valence-corrected chi connectivity index (χ1v) is 8.12. The molecular weight excluding hydrogens is 300 g/mol. The van der Waals surface area contributed by atoms with E-state index in [9.17, 15) is 4.79 Å². The average molecular weight is 320 g/mol. The van der Waals surface area contributed by atoms with Crippen molar-refractivity contribution in [2.24, 2.45) is 0 Å². The minimum Gasteiger partial charge on any atom is -0.493 e. The van der Waals surface area contributed by atoms with Crippen LogP contribution in [0.2, 0.25) is 0 Å². The summed E-state index contributed by atoms with van der Waals surface area (Å²) in [5, 5.41) is 4.08. The van der Waals surface area contributed by atoms with Crippen LogP contribution in [0.5, 0.6) is 5.75 Å². The highest BCUT2D eigenvalue weighted by molar-refractivity contribution is 5.96. The molecule has 0 spiro atoms. The van der Waals surface area contributed by atoms with E-state index in [1.165, 1.54) is 0 Å². The number of hydrogen-bond donors (Lipinski definition) is 1. The van der Waals surface area contributed by atoms with E-state index < -0.39 is 0 Å². The van der Waals surface area contributed by atoms with Gasteiger partial charge in [-0.1, -0.05) is 36.4 Å². The van der Waals surface area contributed by atoms with Crippen LogP contribution in [-0.4, -0.2) is 24.0 Å². The number of carbonyl (C=O) groups is 1. The molecule has 0 aliphatic heterocycles. The SMILES string of the molecule is CCOc1ccccc1C(=O)NCCc1cccc2cccnc12. The van der Waals surface area contributed by atoms with E-state index in [2.05, 4.69) is 16.4 Å². The third-order valence-electron chi connectivity index (χ3n) is 3.83. The molecule has 2 aromatic carbocycles. The van der Waals surface area contributed by atoms with Crippen molar-refractivity contribution < 1.29 is 9.53 Å². The van der Waals surface area contributed by atoms with Gasteiger partial charge in [-0.05, 0) is 37.1 Å². The number of amides is 1. The minimum absolute atomic E-state index is 0.118. The minimum atomic E-state index is -0.118. The van der Waals surface area contributed by atoms with Gasteiger partial charge in [0.15, 0.2) is 0 Å². The van der Waals surface area contributed by atoms with E-state index in [4.69, 9.17) is 4.74 Å². The zero-order valence-corrected chi connectivity index (χ0v) is 13.7. The molecule has 0 aliphatic rings. The van der Waals surface area contributed by atoms with Gasteiger partial charge >= 0.3 is 0 Å². The Morgan fingerprint density at radius 1 is 1.08 bits per heavy atom. The predicted molar refractivity (Wildman–Crippen MR) is 95.4 cm³/mol. The molecule has 0 fully saturated rings. The quantitative estimate of drug-likeness (QED) is 0.755. The van der Waals surface area contributed by atoms with Gasteiger partial charge in [-0.15, -0.1) is 0 Å². The number of pyridine rings is 1. The van der Waals surface area contributed by atoms with Crippen molar-refractivity contribution in [3.05, 3.63) is 71.9 Å². The van der Waals surface area contributed by atoms with Crippen LogP contribution in [0.3, 0.4) is 0 Å². The molecule has 4 heteroatoms. The summed E-state index contributed by atoms with van der Waals surface area (Å²) >= 11 is 0. The summed E-state index contributed by atoms with van der Waals surface area (Å²) in [6, 6.07) is 17.4. The summed E-state index contributed by atoms with van der Waals surface area (Å²) in [6.07, 6.45) is 2.53. The molecule has 1 N–H and O–H groups in total. The first kappa shape index (κ1) is 16.0. The monoisotopic (exact) mass is 320 g/mol. The molecule has 0 aliphatic carbocycles. The Morgan fingerprint density at radius 2 is 1.92 bits per heavy atom. The Labute approximate surface area is 141 Å². The van der Waals surface area contributed by atoms with Gasteiger partial charge in [-0.3, -0.25) is 9.78 Å². The number of ether oxygens (including phenoxy) is 1. The lowest BCUT2D eigenvalue weighted by Crippen LogP contribution is -2.26. The number of carbonyl (C=O) groups excluding carboxylic acids is 1. The molecule has 4 nitrogen and oxygen atoms in total. The van der Waals surface area contributed by atoms with Crippen molar-refractivity contribution in [2.45, 2.75) is 13.3 Å². The Morgan fingerprint density at radius 3 is 2.79 bits per heavy atom. The van der Waals surface area contributed by atoms with Gasteiger partial charge in [-0.2, -0.15) is 0 Å². The first-order chi connectivity index (χ1) is 11.8. The Balaban J connectivity index is 1.67. The van der Waals surface area contributed by atoms with Crippen molar-refractivity contribution in [3.63, 3.8) is 0 Å². The average Bonchev–Trinajstić information content (AvgIpc) is 2.62. The third-order valence-corrected chi connectivity index (χ3v) is 3.83. The van der Waals surface area contributed by atoms with Crippen LogP contribution >= 0.6 is 0 Å². The fourth-order valence-corrected chi connectivity index (χ4v) is 2.71. The maximum Gasteiger partial charge on any atom is 0.255 e. The number of aromatic nitrogens is 1. The molecule has 0 atom stereocenters. The van der Waals surface area contributed by atoms with Gasteiger partial charge in [0.1, 0.15) is 5.75 Å². The second-order valence-electron chi connectivity index (χ2n) is 5.43. The molecule has 1 aromatic heterocycles. The molecule has 1 amide bonds. The topological polar surface area (TPSA) is 51.2 Å². The maximum absolute atomic E-state index is 12.4. The lowest BCUT2D eigenvalue weighted by molar-refractivity contribution is 0.0950. The van der Waals surface area contributed by atoms with Gasteiger partial charge in [0.25, 0.3) is 5.91 Å². The van der Waals surface area contributed by atoms with Crippen LogP contribution < -0.4 is 10.1 Å². The first-order valence-electron chi connectivity index (χ1n) is 8.12. The van der Waals surface area contributed by atoms with Crippen LogP contribution in [0.1, 0.15) is 22.8 Å². The molecule has 24 heavy (non-hydrogen) atoms. The van der Waals surface area contributed by atoms with Gasteiger partial charge < -0.3 is 10.1 Å². The van der Waals surface area contributed by atoms with Gasteiger partial charge in [0.05, 0.1) is 17.7 Å².